The van der Waals surface area contributed by atoms with E-state index in [2.05, 4.69) is 10.6 Å². The summed E-state index contributed by atoms with van der Waals surface area (Å²) in [5.41, 5.74) is 0.727. The summed E-state index contributed by atoms with van der Waals surface area (Å²) in [5, 5.41) is 4.96. The van der Waals surface area contributed by atoms with E-state index in [1.165, 1.54) is 37.4 Å². The van der Waals surface area contributed by atoms with Crippen LogP contribution in [0.1, 0.15) is 10.4 Å². The van der Waals surface area contributed by atoms with Gasteiger partial charge in [0.15, 0.2) is 24.8 Å². The molecule has 0 radical (unpaired) electrons. The summed E-state index contributed by atoms with van der Waals surface area (Å²) >= 11 is 0. The third-order valence-electron chi connectivity index (χ3n) is 4.35. The SMILES string of the molecule is COc1cccc(NC(=O)COc2ccc(C(=O)OCC(=O)Nc3ccc(F)c(F)c3)cc2)c1. The molecule has 0 aliphatic carbocycles. The van der Waals surface area contributed by atoms with Gasteiger partial charge in [0.2, 0.25) is 0 Å². The molecule has 0 bridgehead atoms. The third-order valence-corrected chi connectivity index (χ3v) is 4.35. The molecule has 0 saturated heterocycles. The lowest BCUT2D eigenvalue weighted by molar-refractivity contribution is -0.119. The summed E-state index contributed by atoms with van der Waals surface area (Å²) in [6.45, 7) is -0.883. The van der Waals surface area contributed by atoms with E-state index in [1.807, 2.05) is 0 Å². The van der Waals surface area contributed by atoms with Crippen LogP contribution in [0.4, 0.5) is 20.2 Å². The molecule has 3 aromatic carbocycles. The van der Waals surface area contributed by atoms with Crippen LogP contribution in [0.3, 0.4) is 0 Å². The molecule has 176 valence electrons. The highest BCUT2D eigenvalue weighted by Crippen LogP contribution is 2.17. The van der Waals surface area contributed by atoms with Gasteiger partial charge in [-0.3, -0.25) is 9.59 Å². The van der Waals surface area contributed by atoms with Crippen molar-refractivity contribution in [3.63, 3.8) is 0 Å². The Labute approximate surface area is 193 Å². The first-order valence-electron chi connectivity index (χ1n) is 9.93. The first-order valence-corrected chi connectivity index (χ1v) is 9.93. The van der Waals surface area contributed by atoms with E-state index in [9.17, 15) is 23.2 Å². The lowest BCUT2D eigenvalue weighted by Gasteiger charge is -2.09. The molecule has 0 aliphatic rings. The molecule has 0 aliphatic heterocycles. The lowest BCUT2D eigenvalue weighted by Crippen LogP contribution is -2.21. The van der Waals surface area contributed by atoms with E-state index < -0.39 is 30.1 Å². The van der Waals surface area contributed by atoms with Gasteiger partial charge >= 0.3 is 5.97 Å². The normalized spacial score (nSPS) is 10.2. The number of carbonyl (C=O) groups excluding carboxylic acids is 3. The molecule has 3 aromatic rings. The van der Waals surface area contributed by atoms with E-state index >= 15 is 0 Å². The van der Waals surface area contributed by atoms with Gasteiger partial charge in [0, 0.05) is 23.5 Å². The molecule has 2 N–H and O–H groups in total. The topological polar surface area (TPSA) is 103 Å². The zero-order valence-corrected chi connectivity index (χ0v) is 18.0. The molecule has 2 amide bonds. The van der Waals surface area contributed by atoms with E-state index in [4.69, 9.17) is 14.2 Å². The Morgan fingerprint density at radius 1 is 0.765 bits per heavy atom. The third kappa shape index (κ3) is 7.02. The molecule has 0 atom stereocenters. The molecule has 0 heterocycles. The van der Waals surface area contributed by atoms with Gasteiger partial charge in [0.25, 0.3) is 11.8 Å². The predicted octanol–water partition coefficient (Wildman–Crippen LogP) is 3.79. The molecule has 3 rings (SSSR count). The number of esters is 1. The summed E-state index contributed by atoms with van der Waals surface area (Å²) in [6.07, 6.45) is 0. The fraction of sp³-hybridized carbons (Fsp3) is 0.125. The van der Waals surface area contributed by atoms with E-state index in [1.54, 1.807) is 24.3 Å². The van der Waals surface area contributed by atoms with Crippen molar-refractivity contribution in [1.82, 2.24) is 0 Å². The number of benzene rings is 3. The largest absolute Gasteiger partial charge is 0.497 e. The van der Waals surface area contributed by atoms with Gasteiger partial charge < -0.3 is 24.8 Å². The molecule has 0 spiro atoms. The Morgan fingerprint density at radius 2 is 1.44 bits per heavy atom. The monoisotopic (exact) mass is 470 g/mol. The van der Waals surface area contributed by atoms with Crippen molar-refractivity contribution in [2.24, 2.45) is 0 Å². The van der Waals surface area contributed by atoms with Crippen molar-refractivity contribution in [1.29, 1.82) is 0 Å². The van der Waals surface area contributed by atoms with Crippen LogP contribution in [-0.2, 0) is 14.3 Å². The Balaban J connectivity index is 1.43. The molecular formula is C24H20F2N2O6. The first kappa shape index (κ1) is 24.2. The first-order chi connectivity index (χ1) is 16.3. The molecular weight excluding hydrogens is 450 g/mol. The molecule has 0 fully saturated rings. The highest BCUT2D eigenvalue weighted by atomic mass is 19.2. The van der Waals surface area contributed by atoms with Crippen LogP contribution >= 0.6 is 0 Å². The fourth-order valence-corrected chi connectivity index (χ4v) is 2.72. The van der Waals surface area contributed by atoms with E-state index in [-0.39, 0.29) is 23.8 Å². The average Bonchev–Trinajstić information content (AvgIpc) is 2.84. The number of anilines is 2. The van der Waals surface area contributed by atoms with Gasteiger partial charge in [-0.05, 0) is 48.5 Å². The number of rotatable bonds is 9. The Kier molecular flexibility index (Phi) is 8.11. The summed E-state index contributed by atoms with van der Waals surface area (Å²) in [5.74, 6) is -3.10. The van der Waals surface area contributed by atoms with Gasteiger partial charge in [-0.2, -0.15) is 0 Å². The maximum absolute atomic E-state index is 13.2. The Morgan fingerprint density at radius 3 is 2.12 bits per heavy atom. The van der Waals surface area contributed by atoms with Crippen LogP contribution in [0, 0.1) is 11.6 Å². The maximum Gasteiger partial charge on any atom is 0.338 e. The van der Waals surface area contributed by atoms with Gasteiger partial charge in [-0.15, -0.1) is 0 Å². The van der Waals surface area contributed by atoms with Crippen molar-refractivity contribution >= 4 is 29.2 Å². The highest BCUT2D eigenvalue weighted by Gasteiger charge is 2.12. The van der Waals surface area contributed by atoms with Crippen LogP contribution in [-0.4, -0.2) is 38.1 Å². The second-order valence-corrected chi connectivity index (χ2v) is 6.85. The number of halogens is 2. The lowest BCUT2D eigenvalue weighted by atomic mass is 10.2. The predicted molar refractivity (Wildman–Crippen MR) is 119 cm³/mol. The van der Waals surface area contributed by atoms with E-state index in [0.29, 0.717) is 17.2 Å². The molecule has 0 aromatic heterocycles. The summed E-state index contributed by atoms with van der Waals surface area (Å²) < 4.78 is 41.5. The van der Waals surface area contributed by atoms with Crippen LogP contribution in [0.5, 0.6) is 11.5 Å². The molecule has 34 heavy (non-hydrogen) atoms. The van der Waals surface area contributed by atoms with Gasteiger partial charge in [-0.1, -0.05) is 6.07 Å². The number of hydrogen-bond acceptors (Lipinski definition) is 6. The van der Waals surface area contributed by atoms with Crippen molar-refractivity contribution in [2.45, 2.75) is 0 Å². The summed E-state index contributed by atoms with van der Waals surface area (Å²) in [7, 11) is 1.52. The highest BCUT2D eigenvalue weighted by molar-refractivity contribution is 5.95. The van der Waals surface area contributed by atoms with Crippen LogP contribution in [0.25, 0.3) is 0 Å². The van der Waals surface area contributed by atoms with E-state index in [0.717, 1.165) is 12.1 Å². The van der Waals surface area contributed by atoms with Crippen LogP contribution in [0.2, 0.25) is 0 Å². The molecule has 10 heteroatoms. The Hall–Kier alpha value is -4.47. The number of carbonyl (C=O) groups is 3. The molecule has 0 saturated carbocycles. The number of nitrogens with one attached hydrogen (secondary N) is 2. The minimum absolute atomic E-state index is 0.0249. The minimum Gasteiger partial charge on any atom is -0.497 e. The standard InChI is InChI=1S/C24H20F2N2O6/c1-32-19-4-2-3-16(11-19)27-22(29)13-33-18-8-5-15(6-9-18)24(31)34-14-23(30)28-17-7-10-20(25)21(26)12-17/h2-12H,13-14H2,1H3,(H,27,29)(H,28,30). The quantitative estimate of drug-likeness (QED) is 0.462. The number of ether oxygens (including phenoxy) is 3. The van der Waals surface area contributed by atoms with Crippen molar-refractivity contribution in [3.05, 3.63) is 83.9 Å². The van der Waals surface area contributed by atoms with Gasteiger partial charge in [0.1, 0.15) is 11.5 Å². The average molecular weight is 470 g/mol. The zero-order valence-electron chi connectivity index (χ0n) is 18.0. The van der Waals surface area contributed by atoms with Gasteiger partial charge in [0.05, 0.1) is 12.7 Å². The van der Waals surface area contributed by atoms with Gasteiger partial charge in [-0.25, -0.2) is 13.6 Å². The second kappa shape index (κ2) is 11.4. The van der Waals surface area contributed by atoms with Crippen LogP contribution in [0.15, 0.2) is 66.7 Å². The van der Waals surface area contributed by atoms with Crippen molar-refractivity contribution in [3.8, 4) is 11.5 Å². The zero-order chi connectivity index (χ0) is 24.5. The Bertz CT molecular complexity index is 1180. The fourth-order valence-electron chi connectivity index (χ4n) is 2.72. The molecule has 0 unspecified atom stereocenters. The smallest absolute Gasteiger partial charge is 0.338 e. The summed E-state index contributed by atoms with van der Waals surface area (Å²) in [4.78, 5) is 36.0. The van der Waals surface area contributed by atoms with Crippen LogP contribution < -0.4 is 20.1 Å². The second-order valence-electron chi connectivity index (χ2n) is 6.85. The number of amides is 2. The maximum atomic E-state index is 13.2. The minimum atomic E-state index is -1.12. The van der Waals surface area contributed by atoms with Crippen molar-refractivity contribution in [2.75, 3.05) is 31.0 Å². The van der Waals surface area contributed by atoms with Crippen molar-refractivity contribution < 1.29 is 37.4 Å². The molecule has 8 nitrogen and oxygen atoms in total. The summed E-state index contributed by atoms with van der Waals surface area (Å²) in [6, 6.07) is 15.5. The number of methoxy groups -OCH3 is 1. The number of hydrogen-bond donors (Lipinski definition) is 2.